The average molecular weight is 217 g/mol. The molecule has 16 heavy (non-hydrogen) atoms. The molecule has 0 unspecified atom stereocenters. The van der Waals surface area contributed by atoms with Crippen molar-refractivity contribution in [1.82, 2.24) is 14.9 Å². The van der Waals surface area contributed by atoms with Crippen molar-refractivity contribution in [2.24, 2.45) is 0 Å². The zero-order valence-electron chi connectivity index (χ0n) is 9.44. The minimum atomic E-state index is 0.729. The molecule has 0 amide bonds. The van der Waals surface area contributed by atoms with E-state index < -0.39 is 0 Å². The van der Waals surface area contributed by atoms with E-state index in [-0.39, 0.29) is 0 Å². The Morgan fingerprint density at radius 3 is 3.06 bits per heavy atom. The molecule has 84 valence electrons. The molecule has 0 aliphatic heterocycles. The lowest BCUT2D eigenvalue weighted by Gasteiger charge is -2.08. The van der Waals surface area contributed by atoms with Gasteiger partial charge >= 0.3 is 0 Å². The number of fused-ring (bicyclic) bond motifs is 1. The second kappa shape index (κ2) is 3.77. The Morgan fingerprint density at radius 2 is 2.25 bits per heavy atom. The summed E-state index contributed by atoms with van der Waals surface area (Å²) in [6, 6.07) is 0. The molecule has 0 radical (unpaired) electrons. The van der Waals surface area contributed by atoms with Gasteiger partial charge in [-0.25, -0.2) is 0 Å². The van der Waals surface area contributed by atoms with E-state index in [1.807, 2.05) is 24.0 Å². The fourth-order valence-corrected chi connectivity index (χ4v) is 2.28. The van der Waals surface area contributed by atoms with Crippen LogP contribution in [0.3, 0.4) is 0 Å². The van der Waals surface area contributed by atoms with Gasteiger partial charge in [-0.15, -0.1) is 0 Å². The number of nitrogens with zero attached hydrogens (tertiary/aromatic N) is 3. The molecule has 4 nitrogen and oxygen atoms in total. The van der Waals surface area contributed by atoms with Crippen molar-refractivity contribution in [2.75, 3.05) is 0 Å². The lowest BCUT2D eigenvalue weighted by molar-refractivity contribution is 0.366. The maximum absolute atomic E-state index is 5.37. The molecule has 2 heterocycles. The van der Waals surface area contributed by atoms with Crippen molar-refractivity contribution in [3.63, 3.8) is 0 Å². The standard InChI is InChI=1S/C12H15N3O/c1-9-6-13-15(7-9)8-11-10-4-2-3-5-12(10)16-14-11/h6-7H,2-5,8H2,1H3. The van der Waals surface area contributed by atoms with Gasteiger partial charge in [0.15, 0.2) is 0 Å². The largest absolute Gasteiger partial charge is 0.361 e. The van der Waals surface area contributed by atoms with Crippen LogP contribution in [0.5, 0.6) is 0 Å². The Kier molecular flexibility index (Phi) is 2.27. The van der Waals surface area contributed by atoms with Crippen LogP contribution >= 0.6 is 0 Å². The molecular weight excluding hydrogens is 202 g/mol. The number of aromatic nitrogens is 3. The Morgan fingerprint density at radius 1 is 1.38 bits per heavy atom. The molecule has 0 N–H and O–H groups in total. The van der Waals surface area contributed by atoms with Crippen LogP contribution < -0.4 is 0 Å². The van der Waals surface area contributed by atoms with Crippen LogP contribution in [0.4, 0.5) is 0 Å². The van der Waals surface area contributed by atoms with Crippen molar-refractivity contribution < 1.29 is 4.52 Å². The van der Waals surface area contributed by atoms with Gasteiger partial charge in [0.25, 0.3) is 0 Å². The van der Waals surface area contributed by atoms with Gasteiger partial charge in [-0.2, -0.15) is 5.10 Å². The summed E-state index contributed by atoms with van der Waals surface area (Å²) in [5, 5.41) is 8.44. The highest BCUT2D eigenvalue weighted by atomic mass is 16.5. The zero-order chi connectivity index (χ0) is 11.0. The van der Waals surface area contributed by atoms with Gasteiger partial charge in [-0.1, -0.05) is 5.16 Å². The molecule has 0 spiro atoms. The summed E-state index contributed by atoms with van der Waals surface area (Å²) >= 11 is 0. The van der Waals surface area contributed by atoms with E-state index in [0.29, 0.717) is 0 Å². The average Bonchev–Trinajstić information content (AvgIpc) is 2.87. The minimum Gasteiger partial charge on any atom is -0.361 e. The van der Waals surface area contributed by atoms with Gasteiger partial charge in [-0.05, 0) is 31.7 Å². The van der Waals surface area contributed by atoms with E-state index in [4.69, 9.17) is 4.52 Å². The predicted molar refractivity (Wildman–Crippen MR) is 59.2 cm³/mol. The molecular formula is C12H15N3O. The molecule has 0 aromatic carbocycles. The highest BCUT2D eigenvalue weighted by molar-refractivity contribution is 5.25. The molecule has 4 heteroatoms. The lowest BCUT2D eigenvalue weighted by Crippen LogP contribution is -2.06. The quantitative estimate of drug-likeness (QED) is 0.773. The third kappa shape index (κ3) is 1.64. The Labute approximate surface area is 94.2 Å². The fraction of sp³-hybridized carbons (Fsp3) is 0.500. The van der Waals surface area contributed by atoms with Crippen molar-refractivity contribution in [2.45, 2.75) is 39.2 Å². The summed E-state index contributed by atoms with van der Waals surface area (Å²) in [7, 11) is 0. The van der Waals surface area contributed by atoms with Gasteiger partial charge in [-0.3, -0.25) is 4.68 Å². The summed E-state index contributed by atoms with van der Waals surface area (Å²) in [5.41, 5.74) is 3.55. The first-order chi connectivity index (χ1) is 7.83. The van der Waals surface area contributed by atoms with E-state index >= 15 is 0 Å². The van der Waals surface area contributed by atoms with E-state index in [2.05, 4.69) is 10.3 Å². The molecule has 2 aromatic heterocycles. The van der Waals surface area contributed by atoms with E-state index in [1.165, 1.54) is 24.0 Å². The number of aryl methyl sites for hydroxylation is 2. The summed E-state index contributed by atoms with van der Waals surface area (Å²) in [6.07, 6.45) is 8.52. The maximum atomic E-state index is 5.37. The van der Waals surface area contributed by atoms with Gasteiger partial charge in [0.2, 0.25) is 0 Å². The van der Waals surface area contributed by atoms with Crippen LogP contribution in [0.1, 0.15) is 35.4 Å². The molecule has 0 fully saturated rings. The van der Waals surface area contributed by atoms with E-state index in [9.17, 15) is 0 Å². The highest BCUT2D eigenvalue weighted by Crippen LogP contribution is 2.24. The van der Waals surface area contributed by atoms with Crippen LogP contribution in [0.2, 0.25) is 0 Å². The smallest absolute Gasteiger partial charge is 0.140 e. The van der Waals surface area contributed by atoms with Crippen LogP contribution in [0.25, 0.3) is 0 Å². The molecule has 0 bridgehead atoms. The predicted octanol–water partition coefficient (Wildman–Crippen LogP) is 2.11. The third-order valence-corrected chi connectivity index (χ3v) is 3.11. The van der Waals surface area contributed by atoms with Crippen molar-refractivity contribution in [3.8, 4) is 0 Å². The van der Waals surface area contributed by atoms with Crippen LogP contribution in [-0.4, -0.2) is 14.9 Å². The summed E-state index contributed by atoms with van der Waals surface area (Å²) in [4.78, 5) is 0. The summed E-state index contributed by atoms with van der Waals surface area (Å²) in [6.45, 7) is 2.77. The van der Waals surface area contributed by atoms with Crippen LogP contribution in [0.15, 0.2) is 16.9 Å². The van der Waals surface area contributed by atoms with Crippen molar-refractivity contribution in [3.05, 3.63) is 35.0 Å². The number of rotatable bonds is 2. The van der Waals surface area contributed by atoms with E-state index in [0.717, 1.165) is 30.8 Å². The minimum absolute atomic E-state index is 0.729. The monoisotopic (exact) mass is 217 g/mol. The highest BCUT2D eigenvalue weighted by Gasteiger charge is 2.19. The fourth-order valence-electron chi connectivity index (χ4n) is 2.28. The molecule has 0 atom stereocenters. The van der Waals surface area contributed by atoms with Gasteiger partial charge in [0, 0.05) is 18.2 Å². The first-order valence-electron chi connectivity index (χ1n) is 5.78. The van der Waals surface area contributed by atoms with Gasteiger partial charge in [0.1, 0.15) is 11.5 Å². The SMILES string of the molecule is Cc1cnn(Cc2noc3c2CCCC3)c1. The van der Waals surface area contributed by atoms with Crippen molar-refractivity contribution >= 4 is 0 Å². The second-order valence-electron chi connectivity index (χ2n) is 4.45. The Hall–Kier alpha value is -1.58. The normalized spacial score (nSPS) is 15.1. The molecule has 2 aromatic rings. The van der Waals surface area contributed by atoms with Crippen LogP contribution in [-0.2, 0) is 19.4 Å². The summed E-state index contributed by atoms with van der Waals surface area (Å²) in [5.74, 6) is 1.09. The first kappa shape index (κ1) is 9.63. The number of hydrogen-bond donors (Lipinski definition) is 0. The Balaban J connectivity index is 1.87. The van der Waals surface area contributed by atoms with Crippen LogP contribution in [0, 0.1) is 6.92 Å². The third-order valence-electron chi connectivity index (χ3n) is 3.11. The van der Waals surface area contributed by atoms with Gasteiger partial charge in [0.05, 0.1) is 12.7 Å². The van der Waals surface area contributed by atoms with Crippen molar-refractivity contribution in [1.29, 1.82) is 0 Å². The Bertz CT molecular complexity index is 498. The maximum Gasteiger partial charge on any atom is 0.140 e. The van der Waals surface area contributed by atoms with Gasteiger partial charge < -0.3 is 4.52 Å². The first-order valence-corrected chi connectivity index (χ1v) is 5.78. The lowest BCUT2D eigenvalue weighted by atomic mass is 9.96. The zero-order valence-corrected chi connectivity index (χ0v) is 9.44. The molecule has 1 aliphatic rings. The molecule has 1 aliphatic carbocycles. The van der Waals surface area contributed by atoms with E-state index in [1.54, 1.807) is 0 Å². The molecule has 3 rings (SSSR count). The molecule has 0 saturated carbocycles. The second-order valence-corrected chi connectivity index (χ2v) is 4.45. The summed E-state index contributed by atoms with van der Waals surface area (Å²) < 4.78 is 7.29. The molecule has 0 saturated heterocycles. The number of hydrogen-bond acceptors (Lipinski definition) is 3. The topological polar surface area (TPSA) is 43.9 Å².